The van der Waals surface area contributed by atoms with Crippen molar-refractivity contribution in [3.63, 3.8) is 0 Å². The monoisotopic (exact) mass is 217 g/mol. The first-order valence-electron chi connectivity index (χ1n) is 6.97. The van der Waals surface area contributed by atoms with Gasteiger partial charge in [0.1, 0.15) is 0 Å². The molecule has 1 nitrogen and oxygen atoms in total. The highest BCUT2D eigenvalue weighted by atomic mass is 14.8. The Morgan fingerprint density at radius 1 is 0.800 bits per heavy atom. The van der Waals surface area contributed by atoms with Crippen LogP contribution in [0.15, 0.2) is 0 Å². The third-order valence-corrected chi connectivity index (χ3v) is 2.41. The lowest BCUT2D eigenvalue weighted by molar-refractivity contribution is 0.477. The van der Waals surface area contributed by atoms with Gasteiger partial charge < -0.3 is 5.32 Å². The first kappa shape index (κ1) is 20.4. The molecule has 1 heteroatoms. The summed E-state index contributed by atoms with van der Waals surface area (Å²) < 4.78 is 0. The van der Waals surface area contributed by atoms with Crippen LogP contribution in [0.2, 0.25) is 0 Å². The third-order valence-electron chi connectivity index (χ3n) is 2.41. The van der Waals surface area contributed by atoms with Crippen molar-refractivity contribution in [2.24, 2.45) is 5.92 Å². The zero-order valence-corrected chi connectivity index (χ0v) is 12.3. The maximum absolute atomic E-state index is 3.20. The van der Waals surface area contributed by atoms with Crippen molar-refractivity contribution in [1.82, 2.24) is 5.32 Å². The quantitative estimate of drug-likeness (QED) is 0.626. The molecule has 0 radical (unpaired) electrons. The van der Waals surface area contributed by atoms with Gasteiger partial charge in [0.25, 0.3) is 0 Å². The van der Waals surface area contributed by atoms with Gasteiger partial charge in [0.2, 0.25) is 0 Å². The predicted octanol–water partition coefficient (Wildman–Crippen LogP) is 4.86. The van der Waals surface area contributed by atoms with E-state index in [0.717, 1.165) is 19.0 Å². The van der Waals surface area contributed by atoms with Crippen LogP contribution in [0, 0.1) is 5.92 Å². The highest BCUT2D eigenvalue weighted by molar-refractivity contribution is 4.48. The molecule has 0 aromatic carbocycles. The van der Waals surface area contributed by atoms with Gasteiger partial charge in [-0.05, 0) is 25.4 Å². The second kappa shape index (κ2) is 23.6. The number of hydrogen-bond donors (Lipinski definition) is 1. The maximum Gasteiger partial charge on any atom is -0.00517 e. The Balaban J connectivity index is -0.000000166. The standard InChI is InChI=1S/C7H16.C5H13N.C2H6/c1-4-7(5-2)6-3;1-3-5-6-4-2;1-2/h7H,4-6H2,1-3H3;6H,3-5H2,1-2H3;1-2H3. The number of rotatable bonds is 6. The zero-order valence-electron chi connectivity index (χ0n) is 12.3. The van der Waals surface area contributed by atoms with Crippen molar-refractivity contribution in [2.45, 2.75) is 74.1 Å². The van der Waals surface area contributed by atoms with Gasteiger partial charge in [0.15, 0.2) is 0 Å². The highest BCUT2D eigenvalue weighted by Crippen LogP contribution is 2.09. The lowest BCUT2D eigenvalue weighted by Gasteiger charge is -2.05. The summed E-state index contributed by atoms with van der Waals surface area (Å²) in [6, 6.07) is 0. The topological polar surface area (TPSA) is 12.0 Å². The van der Waals surface area contributed by atoms with E-state index >= 15 is 0 Å². The molecule has 0 aromatic heterocycles. The van der Waals surface area contributed by atoms with Crippen molar-refractivity contribution in [2.75, 3.05) is 13.1 Å². The second-order valence-electron chi connectivity index (χ2n) is 3.44. The number of nitrogens with one attached hydrogen (secondary N) is 1. The van der Waals surface area contributed by atoms with Crippen molar-refractivity contribution in [3.8, 4) is 0 Å². The summed E-state index contributed by atoms with van der Waals surface area (Å²) in [5.74, 6) is 0.986. The van der Waals surface area contributed by atoms with Crippen LogP contribution in [0.3, 0.4) is 0 Å². The predicted molar refractivity (Wildman–Crippen MR) is 74.5 cm³/mol. The molecular formula is C14H35N. The van der Waals surface area contributed by atoms with Crippen LogP contribution in [0.4, 0.5) is 0 Å². The molecule has 0 aliphatic carbocycles. The van der Waals surface area contributed by atoms with Crippen molar-refractivity contribution < 1.29 is 0 Å². The lowest BCUT2D eigenvalue weighted by atomic mass is 10.0. The minimum Gasteiger partial charge on any atom is -0.317 e. The van der Waals surface area contributed by atoms with Gasteiger partial charge in [-0.25, -0.2) is 0 Å². The Labute approximate surface area is 99.0 Å². The SMILES string of the molecule is CC.CCC(CC)CC.CCCNCC. The van der Waals surface area contributed by atoms with Gasteiger partial charge in [-0.2, -0.15) is 0 Å². The van der Waals surface area contributed by atoms with Crippen LogP contribution in [0.1, 0.15) is 74.1 Å². The molecule has 0 aromatic rings. The van der Waals surface area contributed by atoms with Crippen molar-refractivity contribution in [3.05, 3.63) is 0 Å². The van der Waals surface area contributed by atoms with Crippen LogP contribution < -0.4 is 5.32 Å². The van der Waals surface area contributed by atoms with E-state index in [1.54, 1.807) is 0 Å². The summed E-state index contributed by atoms with van der Waals surface area (Å²) in [5.41, 5.74) is 0. The molecule has 0 bridgehead atoms. The fourth-order valence-electron chi connectivity index (χ4n) is 1.22. The first-order chi connectivity index (χ1) is 7.26. The molecule has 0 aliphatic rings. The van der Waals surface area contributed by atoms with E-state index in [1.165, 1.54) is 25.7 Å². The van der Waals surface area contributed by atoms with Crippen molar-refractivity contribution >= 4 is 0 Å². The van der Waals surface area contributed by atoms with Crippen LogP contribution in [-0.4, -0.2) is 13.1 Å². The molecular weight excluding hydrogens is 182 g/mol. The molecule has 0 spiro atoms. The average Bonchev–Trinajstić information content (AvgIpc) is 2.32. The molecule has 1 N–H and O–H groups in total. The lowest BCUT2D eigenvalue weighted by Crippen LogP contribution is -2.12. The van der Waals surface area contributed by atoms with Crippen LogP contribution in [0.5, 0.6) is 0 Å². The van der Waals surface area contributed by atoms with Gasteiger partial charge in [-0.15, -0.1) is 0 Å². The smallest absolute Gasteiger partial charge is 0.00517 e. The van der Waals surface area contributed by atoms with Crippen LogP contribution in [0.25, 0.3) is 0 Å². The molecule has 96 valence electrons. The zero-order chi connectivity index (χ0) is 12.5. The van der Waals surface area contributed by atoms with E-state index in [4.69, 9.17) is 0 Å². The number of hydrogen-bond acceptors (Lipinski definition) is 1. The molecule has 0 fully saturated rings. The summed E-state index contributed by atoms with van der Waals surface area (Å²) in [5, 5.41) is 3.20. The average molecular weight is 217 g/mol. The van der Waals surface area contributed by atoms with Crippen molar-refractivity contribution in [1.29, 1.82) is 0 Å². The van der Waals surface area contributed by atoms with E-state index in [1.807, 2.05) is 13.8 Å². The third kappa shape index (κ3) is 24.9. The van der Waals surface area contributed by atoms with Crippen LogP contribution in [-0.2, 0) is 0 Å². The van der Waals surface area contributed by atoms with Gasteiger partial charge in [0.05, 0.1) is 0 Å². The van der Waals surface area contributed by atoms with E-state index in [0.29, 0.717) is 0 Å². The molecule has 0 saturated carbocycles. The molecule has 15 heavy (non-hydrogen) atoms. The molecule has 0 heterocycles. The summed E-state index contributed by atoms with van der Waals surface area (Å²) in [7, 11) is 0. The summed E-state index contributed by atoms with van der Waals surface area (Å²) >= 11 is 0. The molecule has 0 saturated heterocycles. The normalized spacial score (nSPS) is 8.80. The van der Waals surface area contributed by atoms with Gasteiger partial charge >= 0.3 is 0 Å². The fourth-order valence-corrected chi connectivity index (χ4v) is 1.22. The van der Waals surface area contributed by atoms with Crippen LogP contribution >= 0.6 is 0 Å². The molecule has 0 atom stereocenters. The van der Waals surface area contributed by atoms with Gasteiger partial charge in [-0.1, -0.05) is 67.7 Å². The molecule has 0 rings (SSSR count). The minimum absolute atomic E-state index is 0.986. The Morgan fingerprint density at radius 3 is 1.27 bits per heavy atom. The molecule has 0 unspecified atom stereocenters. The van der Waals surface area contributed by atoms with Gasteiger partial charge in [0, 0.05) is 0 Å². The minimum atomic E-state index is 0.986. The van der Waals surface area contributed by atoms with E-state index in [9.17, 15) is 0 Å². The summed E-state index contributed by atoms with van der Waals surface area (Å²) in [6.07, 6.45) is 5.31. The summed E-state index contributed by atoms with van der Waals surface area (Å²) in [6.45, 7) is 17.3. The largest absolute Gasteiger partial charge is 0.317 e. The van der Waals surface area contributed by atoms with Gasteiger partial charge in [-0.3, -0.25) is 0 Å². The Kier molecular flexibility index (Phi) is 32.1. The maximum atomic E-state index is 3.20. The van der Waals surface area contributed by atoms with E-state index in [-0.39, 0.29) is 0 Å². The Morgan fingerprint density at radius 2 is 1.20 bits per heavy atom. The highest BCUT2D eigenvalue weighted by Gasteiger charge is 1.95. The molecule has 0 amide bonds. The molecule has 0 aliphatic heterocycles. The Bertz CT molecular complexity index is 58.2. The van der Waals surface area contributed by atoms with E-state index < -0.39 is 0 Å². The Hall–Kier alpha value is -0.0400. The first-order valence-corrected chi connectivity index (χ1v) is 6.97. The fraction of sp³-hybridized carbons (Fsp3) is 1.00. The van der Waals surface area contributed by atoms with E-state index in [2.05, 4.69) is 39.9 Å². The summed E-state index contributed by atoms with van der Waals surface area (Å²) in [4.78, 5) is 0. The second-order valence-corrected chi connectivity index (χ2v) is 3.44.